The zero-order chi connectivity index (χ0) is 15.9. The van der Waals surface area contributed by atoms with Gasteiger partial charge in [0.15, 0.2) is 5.11 Å². The molecule has 2 rings (SSSR count). The standard InChI is InChI=1S/C16H17N3OS2/c1-11-5-3-7-14(12(11)2)17-16(21)19-18-15(20)9-8-13-6-4-10-22-13/h3-10H,1-2H3,(H,18,20)(H2,17,19,21)/b9-8+. The smallest absolute Gasteiger partial charge is 0.262 e. The second-order valence-corrected chi connectivity index (χ2v) is 6.05. The Morgan fingerprint density at radius 3 is 2.73 bits per heavy atom. The van der Waals surface area contributed by atoms with Crippen LogP contribution in [0.2, 0.25) is 0 Å². The molecule has 1 aromatic heterocycles. The molecule has 0 atom stereocenters. The SMILES string of the molecule is Cc1cccc(NC(=S)NNC(=O)/C=C/c2cccs2)c1C. The highest BCUT2D eigenvalue weighted by atomic mass is 32.1. The fraction of sp³-hybridized carbons (Fsp3) is 0.125. The van der Waals surface area contributed by atoms with E-state index in [1.165, 1.54) is 11.6 Å². The van der Waals surface area contributed by atoms with Gasteiger partial charge in [0.2, 0.25) is 0 Å². The van der Waals surface area contributed by atoms with Gasteiger partial charge in [-0.1, -0.05) is 18.2 Å². The summed E-state index contributed by atoms with van der Waals surface area (Å²) in [5.74, 6) is -0.265. The number of amides is 1. The minimum Gasteiger partial charge on any atom is -0.331 e. The minimum absolute atomic E-state index is 0.265. The molecule has 2 aromatic rings. The molecule has 0 spiro atoms. The highest BCUT2D eigenvalue weighted by Gasteiger charge is 2.03. The molecule has 0 bridgehead atoms. The Balaban J connectivity index is 1.82. The molecule has 0 aliphatic heterocycles. The molecule has 0 saturated carbocycles. The van der Waals surface area contributed by atoms with Gasteiger partial charge in [0.1, 0.15) is 0 Å². The molecule has 0 aliphatic rings. The quantitative estimate of drug-likeness (QED) is 0.458. The van der Waals surface area contributed by atoms with E-state index in [1.807, 2.05) is 49.6 Å². The molecule has 0 fully saturated rings. The molecule has 114 valence electrons. The highest BCUT2D eigenvalue weighted by molar-refractivity contribution is 7.80. The Morgan fingerprint density at radius 2 is 2.00 bits per heavy atom. The summed E-state index contributed by atoms with van der Waals surface area (Å²) in [5.41, 5.74) is 8.42. The number of hydrogen-bond acceptors (Lipinski definition) is 3. The van der Waals surface area contributed by atoms with Gasteiger partial charge in [-0.15, -0.1) is 11.3 Å². The lowest BCUT2D eigenvalue weighted by molar-refractivity contribution is -0.116. The van der Waals surface area contributed by atoms with Gasteiger partial charge in [-0.2, -0.15) is 0 Å². The molecule has 0 saturated heterocycles. The molecular weight excluding hydrogens is 314 g/mol. The summed E-state index contributed by atoms with van der Waals surface area (Å²) in [6, 6.07) is 9.80. The van der Waals surface area contributed by atoms with E-state index in [1.54, 1.807) is 17.4 Å². The van der Waals surface area contributed by atoms with Crippen molar-refractivity contribution in [3.63, 3.8) is 0 Å². The monoisotopic (exact) mass is 331 g/mol. The molecule has 0 unspecified atom stereocenters. The summed E-state index contributed by atoms with van der Waals surface area (Å²) in [6.45, 7) is 4.05. The Morgan fingerprint density at radius 1 is 1.18 bits per heavy atom. The minimum atomic E-state index is -0.265. The van der Waals surface area contributed by atoms with E-state index in [0.29, 0.717) is 5.11 Å². The summed E-state index contributed by atoms with van der Waals surface area (Å²) in [4.78, 5) is 12.7. The van der Waals surface area contributed by atoms with Gasteiger partial charge in [-0.05, 0) is 60.8 Å². The number of aryl methyl sites for hydroxylation is 1. The molecule has 1 aromatic carbocycles. The van der Waals surface area contributed by atoms with Gasteiger partial charge >= 0.3 is 0 Å². The zero-order valence-electron chi connectivity index (χ0n) is 12.3. The lowest BCUT2D eigenvalue weighted by Crippen LogP contribution is -2.43. The summed E-state index contributed by atoms with van der Waals surface area (Å²) in [7, 11) is 0. The highest BCUT2D eigenvalue weighted by Crippen LogP contribution is 2.17. The molecular formula is C16H17N3OS2. The van der Waals surface area contributed by atoms with Crippen LogP contribution in [0.25, 0.3) is 6.08 Å². The van der Waals surface area contributed by atoms with Crippen molar-refractivity contribution in [3.8, 4) is 0 Å². The number of anilines is 1. The number of carbonyl (C=O) groups is 1. The van der Waals surface area contributed by atoms with Crippen molar-refractivity contribution in [3.05, 3.63) is 57.8 Å². The van der Waals surface area contributed by atoms with Crippen LogP contribution >= 0.6 is 23.6 Å². The fourth-order valence-corrected chi connectivity index (χ4v) is 2.52. The van der Waals surface area contributed by atoms with Crippen LogP contribution in [0.4, 0.5) is 5.69 Å². The van der Waals surface area contributed by atoms with Crippen molar-refractivity contribution in [2.24, 2.45) is 0 Å². The average molecular weight is 331 g/mol. The Hall–Kier alpha value is -2.18. The number of hydrazine groups is 1. The molecule has 1 heterocycles. The Labute approximate surface area is 139 Å². The topological polar surface area (TPSA) is 53.2 Å². The first-order chi connectivity index (χ1) is 10.6. The van der Waals surface area contributed by atoms with E-state index in [2.05, 4.69) is 16.2 Å². The fourth-order valence-electron chi connectivity index (χ4n) is 1.74. The van der Waals surface area contributed by atoms with Crippen molar-refractivity contribution in [2.75, 3.05) is 5.32 Å². The van der Waals surface area contributed by atoms with Crippen molar-refractivity contribution < 1.29 is 4.79 Å². The van der Waals surface area contributed by atoms with Crippen LogP contribution in [0.5, 0.6) is 0 Å². The van der Waals surface area contributed by atoms with E-state index in [4.69, 9.17) is 12.2 Å². The van der Waals surface area contributed by atoms with E-state index in [0.717, 1.165) is 16.1 Å². The van der Waals surface area contributed by atoms with Crippen molar-refractivity contribution in [1.82, 2.24) is 10.9 Å². The first-order valence-electron chi connectivity index (χ1n) is 6.71. The van der Waals surface area contributed by atoms with E-state index >= 15 is 0 Å². The number of thiophene rings is 1. The van der Waals surface area contributed by atoms with E-state index in [9.17, 15) is 4.79 Å². The van der Waals surface area contributed by atoms with Gasteiger partial charge in [-0.3, -0.25) is 15.6 Å². The van der Waals surface area contributed by atoms with Gasteiger partial charge in [0.25, 0.3) is 5.91 Å². The van der Waals surface area contributed by atoms with Gasteiger partial charge in [-0.25, -0.2) is 0 Å². The Bertz CT molecular complexity index is 693. The predicted molar refractivity (Wildman–Crippen MR) is 96.8 cm³/mol. The van der Waals surface area contributed by atoms with Gasteiger partial charge in [0, 0.05) is 16.6 Å². The summed E-state index contributed by atoms with van der Waals surface area (Å²) in [6.07, 6.45) is 3.21. The number of benzene rings is 1. The van der Waals surface area contributed by atoms with Crippen LogP contribution < -0.4 is 16.2 Å². The van der Waals surface area contributed by atoms with Crippen molar-refractivity contribution >= 4 is 46.3 Å². The average Bonchev–Trinajstić information content (AvgIpc) is 3.01. The van der Waals surface area contributed by atoms with Crippen LogP contribution in [0.15, 0.2) is 41.8 Å². The van der Waals surface area contributed by atoms with Gasteiger partial charge < -0.3 is 5.32 Å². The second-order valence-electron chi connectivity index (χ2n) is 4.66. The molecule has 4 nitrogen and oxygen atoms in total. The maximum Gasteiger partial charge on any atom is 0.262 e. The summed E-state index contributed by atoms with van der Waals surface area (Å²) < 4.78 is 0. The maximum atomic E-state index is 11.7. The first-order valence-corrected chi connectivity index (χ1v) is 8.00. The lowest BCUT2D eigenvalue weighted by Gasteiger charge is -2.13. The molecule has 6 heteroatoms. The lowest BCUT2D eigenvalue weighted by atomic mass is 10.1. The molecule has 3 N–H and O–H groups in total. The first kappa shape index (κ1) is 16.2. The summed E-state index contributed by atoms with van der Waals surface area (Å²) in [5, 5.41) is 5.36. The predicted octanol–water partition coefficient (Wildman–Crippen LogP) is 3.40. The number of nitrogens with one attached hydrogen (secondary N) is 3. The number of carbonyl (C=O) groups excluding carboxylic acids is 1. The molecule has 1 amide bonds. The van der Waals surface area contributed by atoms with E-state index < -0.39 is 0 Å². The van der Waals surface area contributed by atoms with Gasteiger partial charge in [0.05, 0.1) is 0 Å². The molecule has 0 radical (unpaired) electrons. The molecule has 0 aliphatic carbocycles. The van der Waals surface area contributed by atoms with E-state index in [-0.39, 0.29) is 5.91 Å². The number of thiocarbonyl (C=S) groups is 1. The largest absolute Gasteiger partial charge is 0.331 e. The van der Waals surface area contributed by atoms with Crippen LogP contribution in [0.1, 0.15) is 16.0 Å². The van der Waals surface area contributed by atoms with Crippen LogP contribution in [0, 0.1) is 13.8 Å². The zero-order valence-corrected chi connectivity index (χ0v) is 14.0. The third-order valence-electron chi connectivity index (χ3n) is 3.09. The third-order valence-corrected chi connectivity index (χ3v) is 4.14. The van der Waals surface area contributed by atoms with Crippen molar-refractivity contribution in [1.29, 1.82) is 0 Å². The van der Waals surface area contributed by atoms with Crippen LogP contribution in [-0.4, -0.2) is 11.0 Å². The number of hydrogen-bond donors (Lipinski definition) is 3. The third kappa shape index (κ3) is 4.68. The van der Waals surface area contributed by atoms with Crippen molar-refractivity contribution in [2.45, 2.75) is 13.8 Å². The van der Waals surface area contributed by atoms with Crippen LogP contribution in [-0.2, 0) is 4.79 Å². The Kier molecular flexibility index (Phi) is 5.68. The normalized spacial score (nSPS) is 10.5. The second kappa shape index (κ2) is 7.72. The summed E-state index contributed by atoms with van der Waals surface area (Å²) >= 11 is 6.73. The van der Waals surface area contributed by atoms with Crippen LogP contribution in [0.3, 0.4) is 0 Å². The number of rotatable bonds is 3. The maximum absolute atomic E-state index is 11.7. The molecule has 22 heavy (non-hydrogen) atoms.